The molecule has 0 spiro atoms. The van der Waals surface area contributed by atoms with Gasteiger partial charge in [0.25, 0.3) is 0 Å². The van der Waals surface area contributed by atoms with Crippen LogP contribution >= 0.6 is 11.8 Å². The third-order valence-corrected chi connectivity index (χ3v) is 4.46. The summed E-state index contributed by atoms with van der Waals surface area (Å²) in [5, 5.41) is 8.79. The van der Waals surface area contributed by atoms with Gasteiger partial charge in [0.2, 0.25) is 0 Å². The van der Waals surface area contributed by atoms with Crippen LogP contribution in [-0.2, 0) is 7.05 Å². The van der Waals surface area contributed by atoms with E-state index in [2.05, 4.69) is 10.2 Å². The maximum absolute atomic E-state index is 13.2. The van der Waals surface area contributed by atoms with Gasteiger partial charge in [0, 0.05) is 18.2 Å². The van der Waals surface area contributed by atoms with Crippen LogP contribution in [0, 0.1) is 11.6 Å². The minimum absolute atomic E-state index is 0.0613. The molecule has 0 bridgehead atoms. The first-order chi connectivity index (χ1) is 11.6. The average Bonchev–Trinajstić information content (AvgIpc) is 2.96. The fourth-order valence-corrected chi connectivity index (χ4v) is 2.97. The molecule has 122 valence electrons. The Balaban J connectivity index is 1.72. The molecule has 0 unspecified atom stereocenters. The summed E-state index contributed by atoms with van der Waals surface area (Å²) in [6.45, 7) is 0. The minimum atomic E-state index is -1.03. The van der Waals surface area contributed by atoms with Gasteiger partial charge in [-0.15, -0.1) is 10.2 Å². The van der Waals surface area contributed by atoms with Crippen LogP contribution < -0.4 is 0 Å². The quantitative estimate of drug-likeness (QED) is 0.522. The number of rotatable bonds is 5. The van der Waals surface area contributed by atoms with Crippen molar-refractivity contribution in [2.75, 3.05) is 5.75 Å². The normalized spacial score (nSPS) is 10.8. The number of aromatic nitrogens is 3. The maximum Gasteiger partial charge on any atom is 0.191 e. The Morgan fingerprint density at radius 2 is 1.83 bits per heavy atom. The van der Waals surface area contributed by atoms with Crippen molar-refractivity contribution in [3.8, 4) is 11.4 Å². The molecule has 3 aromatic rings. The van der Waals surface area contributed by atoms with E-state index in [0.717, 1.165) is 17.7 Å². The van der Waals surface area contributed by atoms with Crippen LogP contribution in [0.25, 0.3) is 11.4 Å². The summed E-state index contributed by atoms with van der Waals surface area (Å²) in [7, 11) is 1.81. The summed E-state index contributed by atoms with van der Waals surface area (Å²) in [4.78, 5) is 12.1. The van der Waals surface area contributed by atoms with Gasteiger partial charge in [-0.25, -0.2) is 8.78 Å². The van der Waals surface area contributed by atoms with Gasteiger partial charge in [0.1, 0.15) is 0 Å². The maximum atomic E-state index is 13.2. The zero-order chi connectivity index (χ0) is 17.1. The molecule has 0 atom stereocenters. The van der Waals surface area contributed by atoms with E-state index in [1.807, 2.05) is 37.4 Å². The van der Waals surface area contributed by atoms with Crippen molar-refractivity contribution in [2.24, 2.45) is 7.05 Å². The molecule has 0 saturated carbocycles. The molecule has 0 aliphatic heterocycles. The summed E-state index contributed by atoms with van der Waals surface area (Å²) in [6, 6.07) is 12.7. The van der Waals surface area contributed by atoms with Crippen LogP contribution in [-0.4, -0.2) is 26.3 Å². The van der Waals surface area contributed by atoms with Crippen molar-refractivity contribution in [3.05, 3.63) is 65.7 Å². The Morgan fingerprint density at radius 1 is 1.08 bits per heavy atom. The minimum Gasteiger partial charge on any atom is -0.305 e. The fourth-order valence-electron chi connectivity index (χ4n) is 2.16. The predicted molar refractivity (Wildman–Crippen MR) is 87.9 cm³/mol. The molecule has 0 amide bonds. The van der Waals surface area contributed by atoms with E-state index in [1.165, 1.54) is 17.8 Å². The standard InChI is InChI=1S/C17H13F2N3OS/c1-22-16(11-5-3-2-4-6-11)20-21-17(22)24-10-15(23)12-7-8-13(18)14(19)9-12/h2-9H,10H2,1H3. The summed E-state index contributed by atoms with van der Waals surface area (Å²) >= 11 is 1.20. The van der Waals surface area contributed by atoms with E-state index in [9.17, 15) is 13.6 Å². The van der Waals surface area contributed by atoms with Gasteiger partial charge in [-0.3, -0.25) is 4.79 Å². The molecular formula is C17H13F2N3OS. The average molecular weight is 345 g/mol. The lowest BCUT2D eigenvalue weighted by Gasteiger charge is -2.04. The van der Waals surface area contributed by atoms with Gasteiger partial charge in [-0.2, -0.15) is 0 Å². The number of nitrogens with zero attached hydrogens (tertiary/aromatic N) is 3. The lowest BCUT2D eigenvalue weighted by molar-refractivity contribution is 0.102. The molecular weight excluding hydrogens is 332 g/mol. The van der Waals surface area contributed by atoms with Crippen LogP contribution in [0.1, 0.15) is 10.4 Å². The molecule has 0 N–H and O–H groups in total. The van der Waals surface area contributed by atoms with Crippen LogP contribution in [0.4, 0.5) is 8.78 Å². The number of ketones is 1. The highest BCUT2D eigenvalue weighted by Gasteiger charge is 2.14. The van der Waals surface area contributed by atoms with Gasteiger partial charge >= 0.3 is 0 Å². The van der Waals surface area contributed by atoms with Gasteiger partial charge in [-0.1, -0.05) is 42.1 Å². The van der Waals surface area contributed by atoms with E-state index in [0.29, 0.717) is 11.0 Å². The largest absolute Gasteiger partial charge is 0.305 e. The van der Waals surface area contributed by atoms with Gasteiger partial charge < -0.3 is 4.57 Å². The lowest BCUT2D eigenvalue weighted by Crippen LogP contribution is -2.05. The number of carbonyl (C=O) groups is 1. The molecule has 4 nitrogen and oxygen atoms in total. The molecule has 0 fully saturated rings. The van der Waals surface area contributed by atoms with E-state index in [4.69, 9.17) is 0 Å². The number of hydrogen-bond donors (Lipinski definition) is 0. The SMILES string of the molecule is Cn1c(SCC(=O)c2ccc(F)c(F)c2)nnc1-c1ccccc1. The number of benzene rings is 2. The summed E-state index contributed by atoms with van der Waals surface area (Å²) in [5.74, 6) is -1.55. The fraction of sp³-hybridized carbons (Fsp3) is 0.118. The Hall–Kier alpha value is -2.54. The Morgan fingerprint density at radius 3 is 2.54 bits per heavy atom. The van der Waals surface area contributed by atoms with E-state index < -0.39 is 11.6 Å². The summed E-state index contributed by atoms with van der Waals surface area (Å²) in [5.41, 5.74) is 1.05. The van der Waals surface area contributed by atoms with E-state index >= 15 is 0 Å². The van der Waals surface area contributed by atoms with Crippen molar-refractivity contribution < 1.29 is 13.6 Å². The second kappa shape index (κ2) is 6.92. The lowest BCUT2D eigenvalue weighted by atomic mass is 10.1. The molecule has 1 aromatic heterocycles. The van der Waals surface area contributed by atoms with E-state index in [1.54, 1.807) is 4.57 Å². The van der Waals surface area contributed by atoms with Crippen molar-refractivity contribution in [1.29, 1.82) is 0 Å². The molecule has 24 heavy (non-hydrogen) atoms. The monoisotopic (exact) mass is 345 g/mol. The predicted octanol–water partition coefficient (Wildman–Crippen LogP) is 3.74. The Kier molecular flexibility index (Phi) is 4.71. The third-order valence-electron chi connectivity index (χ3n) is 3.44. The highest BCUT2D eigenvalue weighted by atomic mass is 32.2. The molecule has 0 aliphatic carbocycles. The first kappa shape index (κ1) is 16.3. The molecule has 7 heteroatoms. The van der Waals surface area contributed by atoms with Gasteiger partial charge in [0.05, 0.1) is 5.75 Å². The smallest absolute Gasteiger partial charge is 0.191 e. The Bertz CT molecular complexity index is 881. The second-order valence-corrected chi connectivity index (χ2v) is 6.01. The molecule has 0 saturated heterocycles. The van der Waals surface area contributed by atoms with Crippen molar-refractivity contribution in [3.63, 3.8) is 0 Å². The van der Waals surface area contributed by atoms with E-state index in [-0.39, 0.29) is 17.1 Å². The number of carbonyl (C=O) groups excluding carboxylic acids is 1. The topological polar surface area (TPSA) is 47.8 Å². The highest BCUT2D eigenvalue weighted by molar-refractivity contribution is 7.99. The van der Waals surface area contributed by atoms with Crippen LogP contribution in [0.3, 0.4) is 0 Å². The van der Waals surface area contributed by atoms with Gasteiger partial charge in [0.15, 0.2) is 28.4 Å². The molecule has 1 heterocycles. The number of thioether (sulfide) groups is 1. The highest BCUT2D eigenvalue weighted by Crippen LogP contribution is 2.23. The second-order valence-electron chi connectivity index (χ2n) is 5.07. The van der Waals surface area contributed by atoms with Crippen molar-refractivity contribution in [2.45, 2.75) is 5.16 Å². The number of halogens is 2. The van der Waals surface area contributed by atoms with Gasteiger partial charge in [-0.05, 0) is 18.2 Å². The molecule has 3 rings (SSSR count). The summed E-state index contributed by atoms with van der Waals surface area (Å²) < 4.78 is 27.9. The zero-order valence-electron chi connectivity index (χ0n) is 12.7. The molecule has 2 aromatic carbocycles. The zero-order valence-corrected chi connectivity index (χ0v) is 13.6. The van der Waals surface area contributed by atoms with Crippen molar-refractivity contribution >= 4 is 17.5 Å². The first-order valence-electron chi connectivity index (χ1n) is 7.12. The number of Topliss-reactive ketones (excluding diaryl/α,β-unsaturated/α-hetero) is 1. The Labute approximate surface area is 141 Å². The molecule has 0 aliphatic rings. The van der Waals surface area contributed by atoms with Crippen LogP contribution in [0.5, 0.6) is 0 Å². The first-order valence-corrected chi connectivity index (χ1v) is 8.10. The van der Waals surface area contributed by atoms with Crippen molar-refractivity contribution in [1.82, 2.24) is 14.8 Å². The summed E-state index contributed by atoms with van der Waals surface area (Å²) in [6.07, 6.45) is 0. The van der Waals surface area contributed by atoms with Crippen LogP contribution in [0.2, 0.25) is 0 Å². The number of hydrogen-bond acceptors (Lipinski definition) is 4. The third kappa shape index (κ3) is 3.35. The molecule has 0 radical (unpaired) electrons. The van der Waals surface area contributed by atoms with Crippen LogP contribution in [0.15, 0.2) is 53.7 Å².